The van der Waals surface area contributed by atoms with Gasteiger partial charge in [0.15, 0.2) is 0 Å². The van der Waals surface area contributed by atoms with E-state index < -0.39 is 12.0 Å². The summed E-state index contributed by atoms with van der Waals surface area (Å²) in [7, 11) is 1.29. The normalized spacial score (nSPS) is 11.8. The quantitative estimate of drug-likeness (QED) is 0.609. The Kier molecular flexibility index (Phi) is 6.16. The fraction of sp³-hybridized carbons (Fsp3) is 0.238. The molecule has 2 aromatic carbocycles. The summed E-state index contributed by atoms with van der Waals surface area (Å²) in [5, 5.41) is 3.21. The predicted octanol–water partition coefficient (Wildman–Crippen LogP) is 1.76. The Morgan fingerprint density at radius 3 is 2.57 bits per heavy atom. The molecule has 0 fully saturated rings. The predicted molar refractivity (Wildman–Crippen MR) is 105 cm³/mol. The van der Waals surface area contributed by atoms with Crippen LogP contribution >= 0.6 is 0 Å². The number of para-hydroxylation sites is 1. The zero-order valence-electron chi connectivity index (χ0n) is 15.5. The van der Waals surface area contributed by atoms with E-state index >= 15 is 0 Å². The average molecular weight is 379 g/mol. The van der Waals surface area contributed by atoms with Crippen LogP contribution in [0.1, 0.15) is 17.8 Å². The lowest BCUT2D eigenvalue weighted by Crippen LogP contribution is -2.43. The number of H-pyrrole nitrogens is 1. The zero-order valence-corrected chi connectivity index (χ0v) is 15.5. The lowest BCUT2D eigenvalue weighted by atomic mass is 10.1. The summed E-state index contributed by atoms with van der Waals surface area (Å²) in [6, 6.07) is 15.6. The van der Waals surface area contributed by atoms with Gasteiger partial charge in [0.2, 0.25) is 5.91 Å². The molecule has 7 heteroatoms. The van der Waals surface area contributed by atoms with Crippen molar-refractivity contribution in [2.45, 2.75) is 25.3 Å². The number of rotatable bonds is 7. The van der Waals surface area contributed by atoms with Gasteiger partial charge in [0.1, 0.15) is 11.9 Å². The lowest BCUT2D eigenvalue weighted by Gasteiger charge is -2.16. The Morgan fingerprint density at radius 1 is 1.11 bits per heavy atom. The Balaban J connectivity index is 1.64. The van der Waals surface area contributed by atoms with Crippen molar-refractivity contribution in [3.8, 4) is 0 Å². The summed E-state index contributed by atoms with van der Waals surface area (Å²) in [6.07, 6.45) is 0.680. The first kappa shape index (κ1) is 19.3. The van der Waals surface area contributed by atoms with Crippen LogP contribution in [0.4, 0.5) is 0 Å². The van der Waals surface area contributed by atoms with Crippen molar-refractivity contribution in [2.24, 2.45) is 0 Å². The molecule has 1 atom stereocenters. The molecular weight excluding hydrogens is 358 g/mol. The Hall–Kier alpha value is -3.48. The van der Waals surface area contributed by atoms with E-state index in [0.717, 1.165) is 5.56 Å². The largest absolute Gasteiger partial charge is 0.467 e. The molecule has 0 spiro atoms. The summed E-state index contributed by atoms with van der Waals surface area (Å²) in [5.41, 5.74) is 1.26. The van der Waals surface area contributed by atoms with Crippen LogP contribution in [0.2, 0.25) is 0 Å². The SMILES string of the molecule is COC(=O)[C@@H](Cc1ccccc1)NC(=O)CCc1nc2ccccc2c(=O)[nH]1. The summed E-state index contributed by atoms with van der Waals surface area (Å²) < 4.78 is 4.80. The maximum absolute atomic E-state index is 12.3. The van der Waals surface area contributed by atoms with E-state index in [1.54, 1.807) is 24.3 Å². The second-order valence-electron chi connectivity index (χ2n) is 6.36. The van der Waals surface area contributed by atoms with Gasteiger partial charge in [0.05, 0.1) is 18.0 Å². The Labute approximate surface area is 161 Å². The average Bonchev–Trinajstić information content (AvgIpc) is 2.72. The lowest BCUT2D eigenvalue weighted by molar-refractivity contribution is -0.145. The van der Waals surface area contributed by atoms with Crippen LogP contribution in [-0.2, 0) is 27.2 Å². The minimum Gasteiger partial charge on any atom is -0.467 e. The number of amides is 1. The first-order chi connectivity index (χ1) is 13.6. The number of carbonyl (C=O) groups excluding carboxylic acids is 2. The number of methoxy groups -OCH3 is 1. The molecule has 7 nitrogen and oxygen atoms in total. The van der Waals surface area contributed by atoms with Crippen molar-refractivity contribution in [1.29, 1.82) is 0 Å². The monoisotopic (exact) mass is 379 g/mol. The number of nitrogens with zero attached hydrogens (tertiary/aromatic N) is 1. The van der Waals surface area contributed by atoms with Crippen LogP contribution in [0.5, 0.6) is 0 Å². The van der Waals surface area contributed by atoms with Gasteiger partial charge in [-0.2, -0.15) is 0 Å². The molecule has 1 amide bonds. The fourth-order valence-electron chi connectivity index (χ4n) is 2.94. The summed E-state index contributed by atoms with van der Waals surface area (Å²) in [5.74, 6) is -0.395. The number of ether oxygens (including phenoxy) is 1. The molecule has 28 heavy (non-hydrogen) atoms. The smallest absolute Gasteiger partial charge is 0.328 e. The van der Waals surface area contributed by atoms with Crippen molar-refractivity contribution in [1.82, 2.24) is 15.3 Å². The number of hydrogen-bond acceptors (Lipinski definition) is 5. The standard InChI is InChI=1S/C21H21N3O4/c1-28-21(27)17(13-14-7-3-2-4-8-14)23-19(25)12-11-18-22-16-10-6-5-9-15(16)20(26)24-18/h2-10,17H,11-13H2,1H3,(H,23,25)(H,22,24,26)/t17-/m1/s1. The second kappa shape index (κ2) is 8.94. The number of aromatic nitrogens is 2. The molecule has 0 aliphatic carbocycles. The molecule has 144 valence electrons. The number of aromatic amines is 1. The highest BCUT2D eigenvalue weighted by atomic mass is 16.5. The van der Waals surface area contributed by atoms with Crippen molar-refractivity contribution < 1.29 is 14.3 Å². The Bertz CT molecular complexity index is 1030. The molecule has 0 bridgehead atoms. The van der Waals surface area contributed by atoms with Crippen LogP contribution in [-0.4, -0.2) is 35.0 Å². The number of fused-ring (bicyclic) bond motifs is 1. The maximum Gasteiger partial charge on any atom is 0.328 e. The van der Waals surface area contributed by atoms with Gasteiger partial charge in [0, 0.05) is 19.3 Å². The number of esters is 1. The Morgan fingerprint density at radius 2 is 1.82 bits per heavy atom. The number of hydrogen-bond donors (Lipinski definition) is 2. The van der Waals surface area contributed by atoms with Crippen molar-refractivity contribution in [2.75, 3.05) is 7.11 Å². The molecule has 0 saturated carbocycles. The highest BCUT2D eigenvalue weighted by Gasteiger charge is 2.22. The van der Waals surface area contributed by atoms with E-state index in [4.69, 9.17) is 4.74 Å². The second-order valence-corrected chi connectivity index (χ2v) is 6.36. The molecule has 3 aromatic rings. The molecule has 0 saturated heterocycles. The van der Waals surface area contributed by atoms with Crippen LogP contribution in [0.15, 0.2) is 59.4 Å². The maximum atomic E-state index is 12.3. The number of nitrogens with one attached hydrogen (secondary N) is 2. The molecule has 0 unspecified atom stereocenters. The third-order valence-electron chi connectivity index (χ3n) is 4.35. The van der Waals surface area contributed by atoms with Crippen LogP contribution in [0.3, 0.4) is 0 Å². The van der Waals surface area contributed by atoms with E-state index in [2.05, 4.69) is 15.3 Å². The van der Waals surface area contributed by atoms with E-state index in [1.165, 1.54) is 7.11 Å². The minimum atomic E-state index is -0.775. The molecule has 0 radical (unpaired) electrons. The zero-order chi connectivity index (χ0) is 19.9. The number of aryl methyl sites for hydroxylation is 1. The van der Waals surface area contributed by atoms with E-state index in [9.17, 15) is 14.4 Å². The van der Waals surface area contributed by atoms with Gasteiger partial charge >= 0.3 is 5.97 Å². The molecule has 1 heterocycles. The fourth-order valence-corrected chi connectivity index (χ4v) is 2.94. The van der Waals surface area contributed by atoms with Crippen molar-refractivity contribution in [3.05, 3.63) is 76.3 Å². The molecule has 0 aliphatic rings. The van der Waals surface area contributed by atoms with Crippen LogP contribution in [0, 0.1) is 0 Å². The van der Waals surface area contributed by atoms with Gasteiger partial charge in [-0.3, -0.25) is 9.59 Å². The van der Waals surface area contributed by atoms with Crippen molar-refractivity contribution in [3.63, 3.8) is 0 Å². The molecule has 2 N–H and O–H groups in total. The first-order valence-electron chi connectivity index (χ1n) is 8.96. The van der Waals surface area contributed by atoms with Gasteiger partial charge in [0.25, 0.3) is 5.56 Å². The van der Waals surface area contributed by atoms with Gasteiger partial charge in [-0.15, -0.1) is 0 Å². The molecule has 3 rings (SSSR count). The van der Waals surface area contributed by atoms with Gasteiger partial charge < -0.3 is 15.0 Å². The number of carbonyl (C=O) groups is 2. The summed E-state index contributed by atoms with van der Waals surface area (Å²) in [4.78, 5) is 43.5. The van der Waals surface area contributed by atoms with Crippen LogP contribution < -0.4 is 10.9 Å². The third-order valence-corrected chi connectivity index (χ3v) is 4.35. The van der Waals surface area contributed by atoms with Gasteiger partial charge in [-0.25, -0.2) is 9.78 Å². The topological polar surface area (TPSA) is 101 Å². The van der Waals surface area contributed by atoms with Crippen molar-refractivity contribution >= 4 is 22.8 Å². The highest BCUT2D eigenvalue weighted by Crippen LogP contribution is 2.08. The summed E-state index contributed by atoms with van der Waals surface area (Å²) >= 11 is 0. The molecule has 0 aliphatic heterocycles. The minimum absolute atomic E-state index is 0.0869. The highest BCUT2D eigenvalue weighted by molar-refractivity contribution is 5.84. The number of benzene rings is 2. The molecular formula is C21H21N3O4. The van der Waals surface area contributed by atoms with E-state index in [0.29, 0.717) is 23.1 Å². The molecule has 1 aromatic heterocycles. The van der Waals surface area contributed by atoms with Gasteiger partial charge in [-0.05, 0) is 17.7 Å². The summed E-state index contributed by atoms with van der Waals surface area (Å²) in [6.45, 7) is 0. The van der Waals surface area contributed by atoms with Gasteiger partial charge in [-0.1, -0.05) is 42.5 Å². The third kappa shape index (κ3) is 4.82. The first-order valence-corrected chi connectivity index (χ1v) is 8.96. The van der Waals surface area contributed by atoms with E-state index in [1.807, 2.05) is 30.3 Å². The van der Waals surface area contributed by atoms with E-state index in [-0.39, 0.29) is 24.3 Å². The van der Waals surface area contributed by atoms with Crippen LogP contribution in [0.25, 0.3) is 10.9 Å².